The van der Waals surface area contributed by atoms with Crippen LogP contribution in [0.3, 0.4) is 0 Å². The molecule has 23 heavy (non-hydrogen) atoms. The first-order chi connectivity index (χ1) is 10.5. The Morgan fingerprint density at radius 2 is 1.52 bits per heavy atom. The molecule has 2 aromatic rings. The lowest BCUT2D eigenvalue weighted by atomic mass is 9.74. The van der Waals surface area contributed by atoms with Gasteiger partial charge in [-0.1, -0.05) is 30.3 Å². The summed E-state index contributed by atoms with van der Waals surface area (Å²) < 4.78 is 5.79. The number of hydrogen-bond donors (Lipinski definition) is 2. The quantitative estimate of drug-likeness (QED) is 0.830. The van der Waals surface area contributed by atoms with Crippen LogP contribution in [-0.2, 0) is 4.65 Å². The van der Waals surface area contributed by atoms with Crippen molar-refractivity contribution >= 4 is 29.0 Å². The molecule has 2 aromatic carbocycles. The number of fused-ring (bicyclic) bond motifs is 1. The van der Waals surface area contributed by atoms with Crippen molar-refractivity contribution in [3.63, 3.8) is 0 Å². The second-order valence-electron chi connectivity index (χ2n) is 7.15. The Bertz CT molecular complexity index is 692. The van der Waals surface area contributed by atoms with Gasteiger partial charge in [-0.2, -0.15) is 0 Å². The molecular formula is C18H26BNO3. The highest BCUT2D eigenvalue weighted by Gasteiger charge is 2.39. The van der Waals surface area contributed by atoms with Crippen molar-refractivity contribution < 1.29 is 14.8 Å². The molecule has 5 heteroatoms. The molecule has 0 saturated carbocycles. The van der Waals surface area contributed by atoms with E-state index in [1.54, 1.807) is 27.7 Å². The second kappa shape index (κ2) is 6.15. The molecule has 0 spiro atoms. The lowest BCUT2D eigenvalue weighted by Gasteiger charge is -2.38. The highest BCUT2D eigenvalue weighted by atomic mass is 16.5. The lowest BCUT2D eigenvalue weighted by Crippen LogP contribution is -2.53. The van der Waals surface area contributed by atoms with Crippen molar-refractivity contribution in [2.45, 2.75) is 38.9 Å². The van der Waals surface area contributed by atoms with Crippen LogP contribution < -0.4 is 10.4 Å². The van der Waals surface area contributed by atoms with E-state index >= 15 is 0 Å². The molecule has 0 unspecified atom stereocenters. The standard InChI is InChI=1S/C18H26BNO3/c1-17(2,21)18(3,4)23-19(22)15-11-12-16(20(5)6)14-10-8-7-9-13(14)15/h7-12,21-22H,1-6H3. The van der Waals surface area contributed by atoms with E-state index in [9.17, 15) is 10.1 Å². The molecule has 0 aliphatic heterocycles. The third kappa shape index (κ3) is 3.52. The largest absolute Gasteiger partial charge is 0.492 e. The Morgan fingerprint density at radius 1 is 0.957 bits per heavy atom. The minimum Gasteiger partial charge on any atom is -0.423 e. The average molecular weight is 315 g/mol. The molecule has 0 radical (unpaired) electrons. The van der Waals surface area contributed by atoms with Crippen molar-refractivity contribution in [3.05, 3.63) is 36.4 Å². The molecule has 0 bridgehead atoms. The van der Waals surface area contributed by atoms with Gasteiger partial charge in [0.15, 0.2) is 0 Å². The fourth-order valence-electron chi connectivity index (χ4n) is 2.40. The predicted molar refractivity (Wildman–Crippen MR) is 97.3 cm³/mol. The molecule has 0 aliphatic rings. The molecule has 124 valence electrons. The zero-order chi connectivity index (χ0) is 17.4. The smallest absolute Gasteiger partial charge is 0.423 e. The third-order valence-electron chi connectivity index (χ3n) is 4.56. The Morgan fingerprint density at radius 3 is 2.04 bits per heavy atom. The number of benzene rings is 2. The Kier molecular flexibility index (Phi) is 4.76. The van der Waals surface area contributed by atoms with Gasteiger partial charge < -0.3 is 19.7 Å². The van der Waals surface area contributed by atoms with E-state index in [0.717, 1.165) is 16.5 Å². The fourth-order valence-corrected chi connectivity index (χ4v) is 2.40. The number of anilines is 1. The highest BCUT2D eigenvalue weighted by Crippen LogP contribution is 2.27. The molecule has 2 rings (SSSR count). The Hall–Kier alpha value is -1.56. The third-order valence-corrected chi connectivity index (χ3v) is 4.56. The molecule has 4 nitrogen and oxygen atoms in total. The number of nitrogens with zero attached hydrogens (tertiary/aromatic N) is 1. The summed E-state index contributed by atoms with van der Waals surface area (Å²) in [6, 6.07) is 11.8. The van der Waals surface area contributed by atoms with Crippen molar-refractivity contribution in [1.29, 1.82) is 0 Å². The van der Waals surface area contributed by atoms with Gasteiger partial charge in [-0.05, 0) is 44.6 Å². The number of hydrogen-bond acceptors (Lipinski definition) is 4. The normalized spacial score (nSPS) is 12.5. The van der Waals surface area contributed by atoms with E-state index in [1.165, 1.54) is 0 Å². The SMILES string of the molecule is CN(C)c1ccc(B(O)OC(C)(C)C(C)(C)O)c2ccccc12. The summed E-state index contributed by atoms with van der Waals surface area (Å²) in [5.74, 6) is 0. The Labute approximate surface area is 138 Å². The summed E-state index contributed by atoms with van der Waals surface area (Å²) in [7, 11) is 2.87. The second-order valence-corrected chi connectivity index (χ2v) is 7.15. The molecule has 0 aromatic heterocycles. The van der Waals surface area contributed by atoms with Crippen LogP contribution in [0.2, 0.25) is 0 Å². The maximum Gasteiger partial charge on any atom is 0.492 e. The van der Waals surface area contributed by atoms with Gasteiger partial charge in [0.05, 0.1) is 11.2 Å². The maximum absolute atomic E-state index is 10.6. The molecular weight excluding hydrogens is 289 g/mol. The highest BCUT2D eigenvalue weighted by molar-refractivity contribution is 6.63. The van der Waals surface area contributed by atoms with Crippen LogP contribution >= 0.6 is 0 Å². The summed E-state index contributed by atoms with van der Waals surface area (Å²) >= 11 is 0. The summed E-state index contributed by atoms with van der Waals surface area (Å²) in [4.78, 5) is 2.04. The van der Waals surface area contributed by atoms with Crippen LogP contribution in [0.15, 0.2) is 36.4 Å². The van der Waals surface area contributed by atoms with E-state index in [1.807, 2.05) is 55.4 Å². The molecule has 2 N–H and O–H groups in total. The first-order valence-corrected chi connectivity index (χ1v) is 7.82. The van der Waals surface area contributed by atoms with E-state index in [2.05, 4.69) is 0 Å². The van der Waals surface area contributed by atoms with Crippen LogP contribution in [0.5, 0.6) is 0 Å². The van der Waals surface area contributed by atoms with E-state index in [-0.39, 0.29) is 0 Å². The average Bonchev–Trinajstić information content (AvgIpc) is 2.44. The van der Waals surface area contributed by atoms with Gasteiger partial charge >= 0.3 is 7.12 Å². The minimum absolute atomic E-state index is 0.698. The number of rotatable bonds is 5. The van der Waals surface area contributed by atoms with Crippen molar-refractivity contribution in [2.75, 3.05) is 19.0 Å². The zero-order valence-electron chi connectivity index (χ0n) is 14.8. The summed E-state index contributed by atoms with van der Waals surface area (Å²) in [6.45, 7) is 6.89. The molecule has 0 saturated heterocycles. The topological polar surface area (TPSA) is 52.9 Å². The van der Waals surface area contributed by atoms with Crippen molar-refractivity contribution in [2.24, 2.45) is 0 Å². The molecule has 0 atom stereocenters. The van der Waals surface area contributed by atoms with Gasteiger partial charge in [0, 0.05) is 25.2 Å². The van der Waals surface area contributed by atoms with Crippen LogP contribution in [0.25, 0.3) is 10.8 Å². The number of aliphatic hydroxyl groups is 1. The maximum atomic E-state index is 10.6. The zero-order valence-corrected chi connectivity index (χ0v) is 14.8. The van der Waals surface area contributed by atoms with Gasteiger partial charge in [0.2, 0.25) is 0 Å². The molecule has 0 amide bonds. The molecule has 0 fully saturated rings. The van der Waals surface area contributed by atoms with Gasteiger partial charge in [-0.15, -0.1) is 0 Å². The van der Waals surface area contributed by atoms with Crippen molar-refractivity contribution in [1.82, 2.24) is 0 Å². The van der Waals surface area contributed by atoms with Crippen LogP contribution in [0.1, 0.15) is 27.7 Å². The minimum atomic E-state index is -1.11. The summed E-state index contributed by atoms with van der Waals surface area (Å²) in [6.07, 6.45) is 0. The summed E-state index contributed by atoms with van der Waals surface area (Å²) in [5, 5.41) is 22.8. The first-order valence-electron chi connectivity index (χ1n) is 7.82. The predicted octanol–water partition coefficient (Wildman–Crippen LogP) is 2.16. The lowest BCUT2D eigenvalue weighted by molar-refractivity contribution is -0.0982. The van der Waals surface area contributed by atoms with Crippen LogP contribution in [0, 0.1) is 0 Å². The van der Waals surface area contributed by atoms with E-state index in [4.69, 9.17) is 4.65 Å². The van der Waals surface area contributed by atoms with Gasteiger partial charge in [-0.25, -0.2) is 0 Å². The first kappa shape index (κ1) is 17.8. The van der Waals surface area contributed by atoms with Gasteiger partial charge in [0.25, 0.3) is 0 Å². The Balaban J connectivity index is 2.47. The van der Waals surface area contributed by atoms with E-state index in [0.29, 0.717) is 5.46 Å². The van der Waals surface area contributed by atoms with Gasteiger partial charge in [-0.3, -0.25) is 0 Å². The molecule has 0 heterocycles. The summed E-state index contributed by atoms with van der Waals surface area (Å²) in [5.41, 5.74) is -0.192. The van der Waals surface area contributed by atoms with E-state index < -0.39 is 18.3 Å². The fraction of sp³-hybridized carbons (Fsp3) is 0.444. The van der Waals surface area contributed by atoms with Gasteiger partial charge in [0.1, 0.15) is 0 Å². The monoisotopic (exact) mass is 315 g/mol. The van der Waals surface area contributed by atoms with Crippen LogP contribution in [-0.4, -0.2) is 42.5 Å². The van der Waals surface area contributed by atoms with Crippen molar-refractivity contribution in [3.8, 4) is 0 Å². The van der Waals surface area contributed by atoms with Crippen LogP contribution in [0.4, 0.5) is 5.69 Å². The molecule has 0 aliphatic carbocycles.